The molecule has 0 aromatic heterocycles. The van der Waals surface area contributed by atoms with Gasteiger partial charge in [0.2, 0.25) is 5.91 Å². The Bertz CT molecular complexity index is 955. The molecule has 2 amide bonds. The van der Waals surface area contributed by atoms with Crippen molar-refractivity contribution >= 4 is 11.8 Å². The zero-order chi connectivity index (χ0) is 24.0. The van der Waals surface area contributed by atoms with Crippen molar-refractivity contribution in [3.05, 3.63) is 64.7 Å². The van der Waals surface area contributed by atoms with Gasteiger partial charge in [-0.05, 0) is 55.0 Å². The van der Waals surface area contributed by atoms with Gasteiger partial charge in [0, 0.05) is 26.6 Å². The summed E-state index contributed by atoms with van der Waals surface area (Å²) in [5.74, 6) is 0.898. The van der Waals surface area contributed by atoms with Gasteiger partial charge in [0.25, 0.3) is 5.91 Å². The quantitative estimate of drug-likeness (QED) is 0.583. The molecule has 0 spiro atoms. The molecule has 0 saturated heterocycles. The number of ether oxygens (including phenoxy) is 2. The van der Waals surface area contributed by atoms with Gasteiger partial charge in [-0.3, -0.25) is 9.59 Å². The Morgan fingerprint density at radius 1 is 1.12 bits per heavy atom. The van der Waals surface area contributed by atoms with Gasteiger partial charge in [-0.25, -0.2) is 0 Å². The van der Waals surface area contributed by atoms with Crippen molar-refractivity contribution in [3.8, 4) is 5.75 Å². The van der Waals surface area contributed by atoms with Crippen LogP contribution in [0.4, 0.5) is 0 Å². The van der Waals surface area contributed by atoms with Gasteiger partial charge in [-0.15, -0.1) is 0 Å². The van der Waals surface area contributed by atoms with Gasteiger partial charge in [0.1, 0.15) is 5.75 Å². The predicted molar refractivity (Wildman–Crippen MR) is 129 cm³/mol. The molecule has 1 aliphatic heterocycles. The monoisotopic (exact) mass is 452 g/mol. The molecule has 2 aromatic carbocycles. The van der Waals surface area contributed by atoms with Gasteiger partial charge in [-0.2, -0.15) is 0 Å². The van der Waals surface area contributed by atoms with Crippen molar-refractivity contribution < 1.29 is 19.1 Å². The molecule has 0 saturated carbocycles. The standard InChI is InChI=1S/C27H36N2O4/c1-18(2)16-25(30)29-14-12-21-10-11-23(33-20(4)27(31)28-13-15-32-5)17-24(21)26(29)22-8-6-19(3)7-9-22/h6-11,17-18,20,26H,12-16H2,1-5H3,(H,28,31)/t20-,26+/m0/s1. The topological polar surface area (TPSA) is 67.9 Å². The van der Waals surface area contributed by atoms with Crippen LogP contribution in [-0.2, 0) is 20.7 Å². The molecule has 1 heterocycles. The fourth-order valence-corrected chi connectivity index (χ4v) is 4.19. The number of nitrogens with zero attached hydrogens (tertiary/aromatic N) is 1. The first-order valence-electron chi connectivity index (χ1n) is 11.7. The zero-order valence-corrected chi connectivity index (χ0v) is 20.4. The van der Waals surface area contributed by atoms with Crippen molar-refractivity contribution in [1.82, 2.24) is 10.2 Å². The first kappa shape index (κ1) is 24.8. The second kappa shape index (κ2) is 11.3. The molecule has 0 radical (unpaired) electrons. The van der Waals surface area contributed by atoms with Crippen LogP contribution < -0.4 is 10.1 Å². The lowest BCUT2D eigenvalue weighted by Gasteiger charge is -2.38. The minimum Gasteiger partial charge on any atom is -0.481 e. The average Bonchev–Trinajstić information content (AvgIpc) is 2.78. The summed E-state index contributed by atoms with van der Waals surface area (Å²) in [4.78, 5) is 27.5. The summed E-state index contributed by atoms with van der Waals surface area (Å²) in [5.41, 5.74) is 4.53. The van der Waals surface area contributed by atoms with E-state index in [1.807, 2.05) is 17.0 Å². The van der Waals surface area contributed by atoms with Crippen molar-refractivity contribution in [2.75, 3.05) is 26.8 Å². The Kier molecular flexibility index (Phi) is 8.50. The Balaban J connectivity index is 1.90. The Morgan fingerprint density at radius 2 is 1.85 bits per heavy atom. The van der Waals surface area contributed by atoms with Crippen molar-refractivity contribution in [2.24, 2.45) is 5.92 Å². The largest absolute Gasteiger partial charge is 0.481 e. The van der Waals surface area contributed by atoms with Crippen LogP contribution in [0.3, 0.4) is 0 Å². The number of nitrogens with one attached hydrogen (secondary N) is 1. The lowest BCUT2D eigenvalue weighted by atomic mass is 9.87. The third-order valence-electron chi connectivity index (χ3n) is 5.93. The maximum Gasteiger partial charge on any atom is 0.260 e. The summed E-state index contributed by atoms with van der Waals surface area (Å²) in [5, 5.41) is 2.80. The van der Waals surface area contributed by atoms with E-state index in [4.69, 9.17) is 9.47 Å². The van der Waals surface area contributed by atoms with E-state index in [0.717, 1.165) is 17.5 Å². The first-order chi connectivity index (χ1) is 15.8. The fraction of sp³-hybridized carbons (Fsp3) is 0.481. The van der Waals surface area contributed by atoms with E-state index in [1.54, 1.807) is 14.0 Å². The number of aryl methyl sites for hydroxylation is 1. The molecule has 3 rings (SSSR count). The first-order valence-corrected chi connectivity index (χ1v) is 11.7. The number of carbonyl (C=O) groups excluding carboxylic acids is 2. The van der Waals surface area contributed by atoms with Crippen LogP contribution in [0.5, 0.6) is 5.75 Å². The van der Waals surface area contributed by atoms with Crippen LogP contribution in [0.2, 0.25) is 0 Å². The van der Waals surface area contributed by atoms with E-state index < -0.39 is 6.10 Å². The molecule has 0 fully saturated rings. The molecule has 0 bridgehead atoms. The number of hydrogen-bond acceptors (Lipinski definition) is 4. The third kappa shape index (κ3) is 6.35. The second-order valence-electron chi connectivity index (χ2n) is 9.15. The zero-order valence-electron chi connectivity index (χ0n) is 20.4. The lowest BCUT2D eigenvalue weighted by Crippen LogP contribution is -2.41. The highest BCUT2D eigenvalue weighted by molar-refractivity contribution is 5.80. The predicted octanol–water partition coefficient (Wildman–Crippen LogP) is 4.05. The van der Waals surface area contributed by atoms with Gasteiger partial charge in [-0.1, -0.05) is 49.7 Å². The summed E-state index contributed by atoms with van der Waals surface area (Å²) in [7, 11) is 1.60. The molecule has 6 nitrogen and oxygen atoms in total. The number of benzene rings is 2. The van der Waals surface area contributed by atoms with Gasteiger partial charge in [0.15, 0.2) is 6.10 Å². The molecule has 2 aromatic rings. The maximum absolute atomic E-state index is 13.2. The number of amides is 2. The fourth-order valence-electron chi connectivity index (χ4n) is 4.19. The van der Waals surface area contributed by atoms with Crippen LogP contribution >= 0.6 is 0 Å². The minimum atomic E-state index is -0.639. The highest BCUT2D eigenvalue weighted by Crippen LogP contribution is 2.38. The molecule has 0 unspecified atom stereocenters. The Labute approximate surface area is 197 Å². The minimum absolute atomic E-state index is 0.165. The number of rotatable bonds is 9. The highest BCUT2D eigenvalue weighted by Gasteiger charge is 2.32. The molecule has 1 N–H and O–H groups in total. The molecule has 1 aliphatic rings. The van der Waals surface area contributed by atoms with Crippen LogP contribution in [0, 0.1) is 12.8 Å². The Morgan fingerprint density at radius 3 is 2.52 bits per heavy atom. The van der Waals surface area contributed by atoms with Gasteiger partial charge >= 0.3 is 0 Å². The molecular formula is C27H36N2O4. The summed E-state index contributed by atoms with van der Waals surface area (Å²) < 4.78 is 11.0. The summed E-state index contributed by atoms with van der Waals surface area (Å²) in [6.07, 6.45) is 0.682. The van der Waals surface area contributed by atoms with Crippen LogP contribution in [0.25, 0.3) is 0 Å². The van der Waals surface area contributed by atoms with Crippen molar-refractivity contribution in [2.45, 2.75) is 52.7 Å². The number of carbonyl (C=O) groups is 2. The van der Waals surface area contributed by atoms with E-state index >= 15 is 0 Å². The van der Waals surface area contributed by atoms with E-state index in [9.17, 15) is 9.59 Å². The molecule has 33 heavy (non-hydrogen) atoms. The van der Waals surface area contributed by atoms with Crippen LogP contribution in [-0.4, -0.2) is 49.6 Å². The maximum atomic E-state index is 13.2. The Hall–Kier alpha value is -2.86. The summed E-state index contributed by atoms with van der Waals surface area (Å²) in [6.45, 7) is 9.52. The SMILES string of the molecule is COCCNC(=O)[C@H](C)Oc1ccc2c(c1)[C@@H](c1ccc(C)cc1)N(C(=O)CC(C)C)CC2. The summed E-state index contributed by atoms with van der Waals surface area (Å²) in [6, 6.07) is 14.2. The van der Waals surface area contributed by atoms with Crippen molar-refractivity contribution in [3.63, 3.8) is 0 Å². The average molecular weight is 453 g/mol. The molecule has 2 atom stereocenters. The summed E-state index contributed by atoms with van der Waals surface area (Å²) >= 11 is 0. The number of hydrogen-bond donors (Lipinski definition) is 1. The molecular weight excluding hydrogens is 416 g/mol. The highest BCUT2D eigenvalue weighted by atomic mass is 16.5. The van der Waals surface area contributed by atoms with E-state index in [0.29, 0.717) is 37.8 Å². The van der Waals surface area contributed by atoms with Crippen LogP contribution in [0.15, 0.2) is 42.5 Å². The number of methoxy groups -OCH3 is 1. The number of fused-ring (bicyclic) bond motifs is 1. The molecule has 178 valence electrons. The molecule has 0 aliphatic carbocycles. The van der Waals surface area contributed by atoms with Crippen molar-refractivity contribution in [1.29, 1.82) is 0 Å². The van der Waals surface area contributed by atoms with Gasteiger partial charge in [0.05, 0.1) is 12.6 Å². The molecule has 6 heteroatoms. The van der Waals surface area contributed by atoms with Gasteiger partial charge < -0.3 is 19.7 Å². The smallest absolute Gasteiger partial charge is 0.260 e. The van der Waals surface area contributed by atoms with E-state index in [-0.39, 0.29) is 17.9 Å². The third-order valence-corrected chi connectivity index (χ3v) is 5.93. The second-order valence-corrected chi connectivity index (χ2v) is 9.15. The normalized spacial score (nSPS) is 16.3. The lowest BCUT2D eigenvalue weighted by molar-refractivity contribution is -0.134. The van der Waals surface area contributed by atoms with E-state index in [2.05, 4.69) is 56.4 Å². The van der Waals surface area contributed by atoms with E-state index in [1.165, 1.54) is 11.1 Å². The van der Waals surface area contributed by atoms with Crippen LogP contribution in [0.1, 0.15) is 55.5 Å².